The van der Waals surface area contributed by atoms with Crippen LogP contribution >= 0.6 is 24.0 Å². The van der Waals surface area contributed by atoms with Crippen molar-refractivity contribution < 1.29 is 23.0 Å². The third-order valence-electron chi connectivity index (χ3n) is 5.06. The number of benzene rings is 1. The predicted octanol–water partition coefficient (Wildman–Crippen LogP) is 2.33. The van der Waals surface area contributed by atoms with E-state index in [1.165, 1.54) is 12.5 Å². The zero-order chi connectivity index (χ0) is 21.3. The van der Waals surface area contributed by atoms with Crippen LogP contribution in [0.2, 0.25) is 0 Å². The Morgan fingerprint density at radius 1 is 1.16 bits per heavy atom. The molecular weight excluding hydrogens is 523 g/mol. The maximum Gasteiger partial charge on any atom is 0.387 e. The molecule has 8 nitrogen and oxygen atoms in total. The Morgan fingerprint density at radius 2 is 1.94 bits per heavy atom. The quantitative estimate of drug-likeness (QED) is 0.290. The molecule has 176 valence electrons. The Kier molecular flexibility index (Phi) is 10.8. The highest BCUT2D eigenvalue weighted by atomic mass is 127. The first-order valence-corrected chi connectivity index (χ1v) is 10.4. The molecule has 0 atom stereocenters. The van der Waals surface area contributed by atoms with E-state index in [2.05, 4.69) is 37.2 Å². The smallest absolute Gasteiger partial charge is 0.387 e. The molecule has 1 aromatic carbocycles. The summed E-state index contributed by atoms with van der Waals surface area (Å²) < 4.78 is 40.9. The van der Waals surface area contributed by atoms with Crippen LogP contribution in [0, 0.1) is 0 Å². The van der Waals surface area contributed by atoms with Crippen molar-refractivity contribution in [2.24, 2.45) is 4.99 Å². The Morgan fingerprint density at radius 3 is 2.68 bits per heavy atom. The minimum atomic E-state index is -2.92. The number of fused-ring (bicyclic) bond motifs is 1. The number of ether oxygens (including phenoxy) is 3. The molecule has 0 aliphatic carbocycles. The Balaban J connectivity index is 0.00000341. The van der Waals surface area contributed by atoms with E-state index in [0.717, 1.165) is 39.3 Å². The van der Waals surface area contributed by atoms with Crippen LogP contribution in [0.25, 0.3) is 0 Å². The fraction of sp³-hybridized carbons (Fsp3) is 0.650. The van der Waals surface area contributed by atoms with Crippen molar-refractivity contribution in [3.8, 4) is 17.2 Å². The van der Waals surface area contributed by atoms with Crippen molar-refractivity contribution >= 4 is 29.9 Å². The molecule has 0 aromatic heterocycles. The van der Waals surface area contributed by atoms with Crippen LogP contribution in [0.4, 0.5) is 8.78 Å². The summed E-state index contributed by atoms with van der Waals surface area (Å²) >= 11 is 0. The van der Waals surface area contributed by atoms with Gasteiger partial charge < -0.3 is 34.6 Å². The molecule has 31 heavy (non-hydrogen) atoms. The van der Waals surface area contributed by atoms with Crippen LogP contribution in [-0.2, 0) is 6.54 Å². The van der Waals surface area contributed by atoms with Gasteiger partial charge in [0.2, 0.25) is 6.79 Å². The average molecular weight is 555 g/mol. The number of hydrogen-bond acceptors (Lipinski definition) is 6. The molecule has 0 unspecified atom stereocenters. The van der Waals surface area contributed by atoms with Crippen LogP contribution in [0.5, 0.6) is 17.2 Å². The molecule has 3 rings (SSSR count). The van der Waals surface area contributed by atoms with E-state index in [9.17, 15) is 8.78 Å². The van der Waals surface area contributed by atoms with Gasteiger partial charge in [0.15, 0.2) is 17.5 Å². The van der Waals surface area contributed by atoms with Crippen LogP contribution < -0.4 is 24.8 Å². The summed E-state index contributed by atoms with van der Waals surface area (Å²) in [5.74, 6) is 1.57. The van der Waals surface area contributed by atoms with E-state index in [1.54, 1.807) is 6.07 Å². The number of guanidine groups is 1. The summed E-state index contributed by atoms with van der Waals surface area (Å²) in [7, 11) is 2.15. The van der Waals surface area contributed by atoms with Gasteiger partial charge >= 0.3 is 6.61 Å². The lowest BCUT2D eigenvalue weighted by Gasteiger charge is -2.21. The van der Waals surface area contributed by atoms with E-state index < -0.39 is 6.61 Å². The van der Waals surface area contributed by atoms with E-state index in [-0.39, 0.29) is 43.1 Å². The van der Waals surface area contributed by atoms with Crippen LogP contribution in [0.15, 0.2) is 17.1 Å². The van der Waals surface area contributed by atoms with Gasteiger partial charge in [-0.1, -0.05) is 0 Å². The molecule has 0 saturated carbocycles. The van der Waals surface area contributed by atoms with Crippen LogP contribution in [-0.4, -0.2) is 82.0 Å². The molecule has 0 spiro atoms. The van der Waals surface area contributed by atoms with Gasteiger partial charge in [-0.3, -0.25) is 0 Å². The van der Waals surface area contributed by atoms with Crippen LogP contribution in [0.3, 0.4) is 0 Å². The van der Waals surface area contributed by atoms with Gasteiger partial charge in [0.1, 0.15) is 5.75 Å². The lowest BCUT2D eigenvalue weighted by molar-refractivity contribution is -0.0505. The molecule has 2 aliphatic rings. The fourth-order valence-corrected chi connectivity index (χ4v) is 3.46. The van der Waals surface area contributed by atoms with Crippen LogP contribution in [0.1, 0.15) is 18.9 Å². The third kappa shape index (κ3) is 8.11. The standard InChI is InChI=1S/C20H31F2N5O3.HI/c1-3-23-20(24-5-8-27-7-4-6-26(2)9-10-27)25-13-15-11-17-18(29-14-28-17)12-16(15)30-19(21)22;/h11-12,19H,3-10,13-14H2,1-2H3,(H2,23,24,25);1H. The number of halogens is 3. The first-order chi connectivity index (χ1) is 14.5. The zero-order valence-electron chi connectivity index (χ0n) is 18.0. The van der Waals surface area contributed by atoms with E-state index in [4.69, 9.17) is 9.47 Å². The van der Waals surface area contributed by atoms with E-state index in [0.29, 0.717) is 29.6 Å². The van der Waals surface area contributed by atoms with Crippen molar-refractivity contribution in [1.82, 2.24) is 20.4 Å². The highest BCUT2D eigenvalue weighted by Gasteiger charge is 2.20. The summed E-state index contributed by atoms with van der Waals surface area (Å²) in [4.78, 5) is 9.32. The van der Waals surface area contributed by atoms with Crippen molar-refractivity contribution in [1.29, 1.82) is 0 Å². The third-order valence-corrected chi connectivity index (χ3v) is 5.06. The van der Waals surface area contributed by atoms with Crippen molar-refractivity contribution in [2.75, 3.05) is 59.7 Å². The van der Waals surface area contributed by atoms with Gasteiger partial charge in [-0.15, -0.1) is 24.0 Å². The zero-order valence-corrected chi connectivity index (χ0v) is 20.4. The molecule has 2 N–H and O–H groups in total. The number of alkyl halides is 2. The fourth-order valence-electron chi connectivity index (χ4n) is 3.46. The number of rotatable bonds is 8. The number of nitrogens with one attached hydrogen (secondary N) is 2. The molecule has 2 aliphatic heterocycles. The largest absolute Gasteiger partial charge is 0.454 e. The second kappa shape index (κ2) is 13.1. The molecule has 1 fully saturated rings. The minimum absolute atomic E-state index is 0. The number of likely N-dealkylation sites (N-methyl/N-ethyl adjacent to an activating group) is 1. The Labute approximate surface area is 199 Å². The normalized spacial score (nSPS) is 17.3. The topological polar surface area (TPSA) is 70.6 Å². The first-order valence-electron chi connectivity index (χ1n) is 10.4. The summed E-state index contributed by atoms with van der Waals surface area (Å²) in [5.41, 5.74) is 0.507. The average Bonchev–Trinajstić information content (AvgIpc) is 3.06. The minimum Gasteiger partial charge on any atom is -0.454 e. The lowest BCUT2D eigenvalue weighted by Crippen LogP contribution is -2.42. The first kappa shape index (κ1) is 25.7. The number of aliphatic imine (C=N–C) groups is 1. The molecule has 0 amide bonds. The highest BCUT2D eigenvalue weighted by Crippen LogP contribution is 2.39. The molecule has 11 heteroatoms. The molecule has 0 radical (unpaired) electrons. The second-order valence-electron chi connectivity index (χ2n) is 7.31. The number of nitrogens with zero attached hydrogens (tertiary/aromatic N) is 3. The summed E-state index contributed by atoms with van der Waals surface area (Å²) in [5, 5.41) is 6.51. The van der Waals surface area contributed by atoms with Gasteiger partial charge in [0, 0.05) is 44.4 Å². The van der Waals surface area contributed by atoms with Crippen molar-refractivity contribution in [3.63, 3.8) is 0 Å². The van der Waals surface area contributed by atoms with Gasteiger partial charge in [-0.2, -0.15) is 8.78 Å². The van der Waals surface area contributed by atoms with Gasteiger partial charge in [-0.25, -0.2) is 4.99 Å². The van der Waals surface area contributed by atoms with Crippen molar-refractivity contribution in [3.05, 3.63) is 17.7 Å². The molecule has 0 bridgehead atoms. The molecule has 1 aromatic rings. The maximum absolute atomic E-state index is 12.8. The summed E-state index contributed by atoms with van der Waals surface area (Å²) in [6.45, 7) is 6.00. The Hall–Kier alpha value is -1.60. The SMILES string of the molecule is CCNC(=NCc1cc2c(cc1OC(F)F)OCO2)NCCN1CCCN(C)CC1.I. The summed E-state index contributed by atoms with van der Waals surface area (Å²) in [6.07, 6.45) is 1.17. The molecule has 1 saturated heterocycles. The lowest BCUT2D eigenvalue weighted by atomic mass is 10.1. The molecule has 2 heterocycles. The van der Waals surface area contributed by atoms with Gasteiger partial charge in [0.25, 0.3) is 0 Å². The second-order valence-corrected chi connectivity index (χ2v) is 7.31. The van der Waals surface area contributed by atoms with E-state index in [1.807, 2.05) is 6.92 Å². The Bertz CT molecular complexity index is 726. The van der Waals surface area contributed by atoms with Gasteiger partial charge in [0.05, 0.1) is 6.54 Å². The van der Waals surface area contributed by atoms with Gasteiger partial charge in [-0.05, 0) is 39.5 Å². The number of hydrogen-bond donors (Lipinski definition) is 2. The highest BCUT2D eigenvalue weighted by molar-refractivity contribution is 14.0. The monoisotopic (exact) mass is 555 g/mol. The van der Waals surface area contributed by atoms with Crippen molar-refractivity contribution in [2.45, 2.75) is 26.5 Å². The predicted molar refractivity (Wildman–Crippen MR) is 126 cm³/mol. The molecular formula is C20H32F2IN5O3. The summed E-state index contributed by atoms with van der Waals surface area (Å²) in [6, 6.07) is 3.07. The van der Waals surface area contributed by atoms with E-state index >= 15 is 0 Å². The maximum atomic E-state index is 12.8.